The maximum atomic E-state index is 12.1. The number of aromatic nitrogens is 5. The van der Waals surface area contributed by atoms with Crippen LogP contribution >= 0.6 is 0 Å². The molecule has 2 aromatic heterocycles. The van der Waals surface area contributed by atoms with Crippen molar-refractivity contribution in [3.05, 3.63) is 66.4 Å². The van der Waals surface area contributed by atoms with Crippen LogP contribution in [0.5, 0.6) is 0 Å². The molecule has 9 heteroatoms. The van der Waals surface area contributed by atoms with E-state index in [2.05, 4.69) is 24.8 Å². The van der Waals surface area contributed by atoms with E-state index in [0.29, 0.717) is 5.82 Å². The van der Waals surface area contributed by atoms with Crippen LogP contribution in [0.2, 0.25) is 0 Å². The predicted octanol–water partition coefficient (Wildman–Crippen LogP) is 1.47. The van der Waals surface area contributed by atoms with Gasteiger partial charge < -0.3 is 0 Å². The Hall–Kier alpha value is -3.07. The van der Waals surface area contributed by atoms with Gasteiger partial charge >= 0.3 is 0 Å². The van der Waals surface area contributed by atoms with Gasteiger partial charge in [-0.05, 0) is 11.6 Å². The fourth-order valence-corrected chi connectivity index (χ4v) is 2.57. The molecule has 3 rings (SSSR count). The molecule has 0 atom stereocenters. The average molecular weight is 328 g/mol. The molecule has 23 heavy (non-hydrogen) atoms. The van der Waals surface area contributed by atoms with E-state index < -0.39 is 10.0 Å². The molecule has 116 valence electrons. The van der Waals surface area contributed by atoms with Gasteiger partial charge in [0, 0.05) is 6.07 Å². The van der Waals surface area contributed by atoms with Gasteiger partial charge in [0.15, 0.2) is 5.82 Å². The summed E-state index contributed by atoms with van der Waals surface area (Å²) in [5.41, 5.74) is 0.781. The van der Waals surface area contributed by atoms with Crippen molar-refractivity contribution in [3.8, 4) is 5.82 Å². The van der Waals surface area contributed by atoms with Crippen LogP contribution in [0.3, 0.4) is 0 Å². The largest absolute Gasteiger partial charge is 0.264 e. The van der Waals surface area contributed by atoms with Gasteiger partial charge in [-0.2, -0.15) is 5.10 Å². The number of anilines is 1. The van der Waals surface area contributed by atoms with Gasteiger partial charge in [0.2, 0.25) is 0 Å². The minimum Gasteiger partial charge on any atom is -0.264 e. The first-order valence-corrected chi connectivity index (χ1v) is 8.10. The molecule has 0 bridgehead atoms. The van der Waals surface area contributed by atoms with Crippen LogP contribution in [0.4, 0.5) is 5.82 Å². The van der Waals surface area contributed by atoms with E-state index in [1.165, 1.54) is 35.8 Å². The van der Waals surface area contributed by atoms with E-state index in [9.17, 15) is 8.42 Å². The molecule has 0 fully saturated rings. The lowest BCUT2D eigenvalue weighted by molar-refractivity contribution is 0.609. The molecule has 2 heterocycles. The monoisotopic (exact) mass is 328 g/mol. The van der Waals surface area contributed by atoms with Crippen molar-refractivity contribution in [3.63, 3.8) is 0 Å². The topological polar surface area (TPSA) is 103 Å². The molecule has 0 saturated heterocycles. The van der Waals surface area contributed by atoms with Crippen LogP contribution in [0.25, 0.3) is 11.9 Å². The summed E-state index contributed by atoms with van der Waals surface area (Å²) in [5, 5.41) is 5.01. The Balaban J connectivity index is 1.78. The third-order valence-electron chi connectivity index (χ3n) is 2.79. The normalized spacial score (nSPS) is 11.7. The number of sulfonamides is 1. The summed E-state index contributed by atoms with van der Waals surface area (Å²) in [6.07, 6.45) is 5.56. The smallest absolute Gasteiger partial charge is 0.256 e. The summed E-state index contributed by atoms with van der Waals surface area (Å²) in [6.45, 7) is 0. The lowest BCUT2D eigenvalue weighted by atomic mass is 10.2. The Morgan fingerprint density at radius 1 is 1.09 bits per heavy atom. The summed E-state index contributed by atoms with van der Waals surface area (Å²) in [5.74, 6) is 0.547. The maximum absolute atomic E-state index is 12.1. The summed E-state index contributed by atoms with van der Waals surface area (Å²) in [7, 11) is -3.68. The molecule has 0 aliphatic rings. The van der Waals surface area contributed by atoms with Crippen LogP contribution in [-0.2, 0) is 10.0 Å². The van der Waals surface area contributed by atoms with Crippen LogP contribution in [0.15, 0.2) is 60.8 Å². The number of rotatable bonds is 5. The quantitative estimate of drug-likeness (QED) is 0.761. The molecule has 0 aliphatic carbocycles. The minimum atomic E-state index is -3.68. The standard InChI is InChI=1S/C14H12N6O2S/c21-23(22,7-6-12-4-2-1-3-5-12)19-13-8-14(17-10-16-13)20-11-15-9-18-20/h1-11H,(H,16,17,19)/b7-6+. The Bertz CT molecular complexity index is 907. The zero-order valence-electron chi connectivity index (χ0n) is 11.8. The molecule has 1 N–H and O–H groups in total. The Labute approximate surface area is 132 Å². The Kier molecular flexibility index (Phi) is 4.11. The fourth-order valence-electron chi connectivity index (χ4n) is 1.77. The van der Waals surface area contributed by atoms with Crippen molar-refractivity contribution in [2.45, 2.75) is 0 Å². The molecule has 0 radical (unpaired) electrons. The second-order valence-corrected chi connectivity index (χ2v) is 6.03. The number of benzene rings is 1. The molecular weight excluding hydrogens is 316 g/mol. The fraction of sp³-hybridized carbons (Fsp3) is 0. The molecule has 3 aromatic rings. The highest BCUT2D eigenvalue weighted by molar-refractivity contribution is 7.95. The Morgan fingerprint density at radius 2 is 1.91 bits per heavy atom. The lowest BCUT2D eigenvalue weighted by Gasteiger charge is -2.05. The van der Waals surface area contributed by atoms with Crippen molar-refractivity contribution in [1.29, 1.82) is 0 Å². The lowest BCUT2D eigenvalue weighted by Crippen LogP contribution is -2.11. The van der Waals surface area contributed by atoms with E-state index in [4.69, 9.17) is 0 Å². The van der Waals surface area contributed by atoms with Gasteiger partial charge in [0.25, 0.3) is 10.0 Å². The molecule has 1 aromatic carbocycles. The number of nitrogens with one attached hydrogen (secondary N) is 1. The van der Waals surface area contributed by atoms with Crippen molar-refractivity contribution in [2.24, 2.45) is 0 Å². The van der Waals surface area contributed by atoms with E-state index in [1.54, 1.807) is 12.1 Å². The van der Waals surface area contributed by atoms with Crippen molar-refractivity contribution >= 4 is 21.9 Å². The number of hydrogen-bond acceptors (Lipinski definition) is 6. The molecule has 8 nitrogen and oxygen atoms in total. The van der Waals surface area contributed by atoms with Gasteiger partial charge in [-0.25, -0.2) is 28.1 Å². The van der Waals surface area contributed by atoms with E-state index in [1.807, 2.05) is 18.2 Å². The molecular formula is C14H12N6O2S. The minimum absolute atomic E-state index is 0.142. The molecule has 0 saturated carbocycles. The van der Waals surface area contributed by atoms with Gasteiger partial charge in [-0.3, -0.25) is 4.72 Å². The SMILES string of the molecule is O=S(=O)(/C=C/c1ccccc1)Nc1cc(-n2cncn2)ncn1. The van der Waals surface area contributed by atoms with Gasteiger partial charge in [0.05, 0.1) is 5.41 Å². The highest BCUT2D eigenvalue weighted by atomic mass is 32.2. The highest BCUT2D eigenvalue weighted by Crippen LogP contribution is 2.11. The molecule has 0 aliphatic heterocycles. The van der Waals surface area contributed by atoms with E-state index in [0.717, 1.165) is 11.0 Å². The first-order valence-electron chi connectivity index (χ1n) is 6.55. The average Bonchev–Trinajstić information content (AvgIpc) is 3.08. The van der Waals surface area contributed by atoms with E-state index in [-0.39, 0.29) is 5.82 Å². The van der Waals surface area contributed by atoms with Gasteiger partial charge in [-0.15, -0.1) is 0 Å². The van der Waals surface area contributed by atoms with Crippen LogP contribution < -0.4 is 4.72 Å². The summed E-state index contributed by atoms with van der Waals surface area (Å²) >= 11 is 0. The van der Waals surface area contributed by atoms with Crippen LogP contribution in [-0.4, -0.2) is 33.2 Å². The highest BCUT2D eigenvalue weighted by Gasteiger charge is 2.08. The number of nitrogens with zero attached hydrogens (tertiary/aromatic N) is 5. The summed E-state index contributed by atoms with van der Waals surface area (Å²) in [6, 6.07) is 10.6. The second-order valence-electron chi connectivity index (χ2n) is 4.46. The first kappa shape index (κ1) is 14.9. The maximum Gasteiger partial charge on any atom is 0.256 e. The Morgan fingerprint density at radius 3 is 2.65 bits per heavy atom. The van der Waals surface area contributed by atoms with E-state index >= 15 is 0 Å². The number of hydrogen-bond donors (Lipinski definition) is 1. The third-order valence-corrected chi connectivity index (χ3v) is 3.78. The van der Waals surface area contributed by atoms with Gasteiger partial charge in [-0.1, -0.05) is 30.3 Å². The van der Waals surface area contributed by atoms with Crippen LogP contribution in [0.1, 0.15) is 5.56 Å². The zero-order chi connectivity index (χ0) is 16.1. The van der Waals surface area contributed by atoms with Gasteiger partial charge in [0.1, 0.15) is 24.8 Å². The zero-order valence-corrected chi connectivity index (χ0v) is 12.6. The van der Waals surface area contributed by atoms with Crippen molar-refractivity contribution < 1.29 is 8.42 Å². The summed E-state index contributed by atoms with van der Waals surface area (Å²) < 4.78 is 27.9. The molecule has 0 unspecified atom stereocenters. The molecule has 0 spiro atoms. The van der Waals surface area contributed by atoms with Crippen LogP contribution in [0, 0.1) is 0 Å². The van der Waals surface area contributed by atoms with Crippen molar-refractivity contribution in [1.82, 2.24) is 24.7 Å². The first-order chi connectivity index (χ1) is 11.1. The van der Waals surface area contributed by atoms with Crippen molar-refractivity contribution in [2.75, 3.05) is 4.72 Å². The third kappa shape index (κ3) is 3.98. The second kappa shape index (κ2) is 6.36. The molecule has 0 amide bonds. The predicted molar refractivity (Wildman–Crippen MR) is 85.0 cm³/mol. The summed E-state index contributed by atoms with van der Waals surface area (Å²) in [4.78, 5) is 11.7.